The van der Waals surface area contributed by atoms with E-state index in [1.165, 1.54) is 11.1 Å². The van der Waals surface area contributed by atoms with E-state index in [9.17, 15) is 4.79 Å². The van der Waals surface area contributed by atoms with Crippen LogP contribution >= 0.6 is 0 Å². The zero-order valence-electron chi connectivity index (χ0n) is 19.7. The number of carbonyl (C=O) groups is 1. The molecule has 0 bridgehead atoms. The predicted molar refractivity (Wildman–Crippen MR) is 131 cm³/mol. The van der Waals surface area contributed by atoms with Gasteiger partial charge in [0.2, 0.25) is 0 Å². The van der Waals surface area contributed by atoms with Crippen LogP contribution in [0.5, 0.6) is 5.75 Å². The van der Waals surface area contributed by atoms with Crippen LogP contribution in [0.1, 0.15) is 47.1 Å². The summed E-state index contributed by atoms with van der Waals surface area (Å²) in [4.78, 5) is 23.3. The molecule has 4 rings (SSSR count). The molecule has 33 heavy (non-hydrogen) atoms. The first-order valence-corrected chi connectivity index (χ1v) is 11.3. The van der Waals surface area contributed by atoms with Gasteiger partial charge in [-0.2, -0.15) is 0 Å². The highest BCUT2D eigenvalue weighted by atomic mass is 16.5. The number of hydrogen-bond donors (Lipinski definition) is 0. The summed E-state index contributed by atoms with van der Waals surface area (Å²) >= 11 is 0. The Bertz CT molecular complexity index is 1250. The van der Waals surface area contributed by atoms with E-state index in [4.69, 9.17) is 9.72 Å². The fraction of sp³-hybridized carbons (Fsp3) is 0.296. The van der Waals surface area contributed by atoms with Gasteiger partial charge in [0.15, 0.2) is 0 Å². The van der Waals surface area contributed by atoms with Crippen LogP contribution in [0.4, 0.5) is 0 Å². The van der Waals surface area contributed by atoms with Gasteiger partial charge in [0.25, 0.3) is 5.91 Å². The van der Waals surface area contributed by atoms with Gasteiger partial charge in [-0.3, -0.25) is 9.78 Å². The number of aromatic nitrogens is 3. The lowest BCUT2D eigenvalue weighted by molar-refractivity contribution is 0.0780. The molecule has 6 nitrogen and oxygen atoms in total. The van der Waals surface area contributed by atoms with E-state index in [-0.39, 0.29) is 5.91 Å². The van der Waals surface area contributed by atoms with Crippen molar-refractivity contribution < 1.29 is 9.53 Å². The summed E-state index contributed by atoms with van der Waals surface area (Å²) in [6, 6.07) is 17.9. The first-order valence-electron chi connectivity index (χ1n) is 11.3. The van der Waals surface area contributed by atoms with Crippen molar-refractivity contribution in [3.63, 3.8) is 0 Å². The number of rotatable bonds is 8. The highest BCUT2D eigenvalue weighted by Gasteiger charge is 2.17. The summed E-state index contributed by atoms with van der Waals surface area (Å²) in [6.45, 7) is 7.98. The zero-order valence-corrected chi connectivity index (χ0v) is 19.7. The summed E-state index contributed by atoms with van der Waals surface area (Å²) in [5.74, 6) is 2.09. The number of ether oxygens (including phenoxy) is 1. The number of hydrogen-bond acceptors (Lipinski definition) is 4. The van der Waals surface area contributed by atoms with Crippen LogP contribution in [0.2, 0.25) is 0 Å². The Morgan fingerprint density at radius 3 is 2.61 bits per heavy atom. The van der Waals surface area contributed by atoms with E-state index in [0.717, 1.165) is 22.6 Å². The second kappa shape index (κ2) is 9.86. The van der Waals surface area contributed by atoms with Crippen molar-refractivity contribution in [2.75, 3.05) is 13.7 Å². The molecule has 0 unspecified atom stereocenters. The number of nitrogens with zero attached hydrogens (tertiary/aromatic N) is 4. The third-order valence-electron chi connectivity index (χ3n) is 5.75. The SMILES string of the molecule is Cc1ccc(C(C)C)c(OCCn2c(CN(C)C(=O)c3ccncc3)nc3ccccc32)c1. The maximum absolute atomic E-state index is 12.8. The fourth-order valence-corrected chi connectivity index (χ4v) is 3.98. The van der Waals surface area contributed by atoms with Crippen molar-refractivity contribution in [3.05, 3.63) is 89.5 Å². The van der Waals surface area contributed by atoms with E-state index in [0.29, 0.717) is 31.2 Å². The number of benzene rings is 2. The number of carbonyl (C=O) groups excluding carboxylic acids is 1. The smallest absolute Gasteiger partial charge is 0.254 e. The first-order chi connectivity index (χ1) is 15.9. The summed E-state index contributed by atoms with van der Waals surface area (Å²) in [7, 11) is 1.80. The molecule has 1 amide bonds. The average molecular weight is 443 g/mol. The summed E-state index contributed by atoms with van der Waals surface area (Å²) < 4.78 is 8.39. The van der Waals surface area contributed by atoms with Crippen LogP contribution in [0, 0.1) is 6.92 Å². The third kappa shape index (κ3) is 5.06. The van der Waals surface area contributed by atoms with Crippen LogP contribution in [0.25, 0.3) is 11.0 Å². The molecular weight excluding hydrogens is 412 g/mol. The van der Waals surface area contributed by atoms with E-state index < -0.39 is 0 Å². The highest BCUT2D eigenvalue weighted by molar-refractivity contribution is 5.93. The zero-order chi connectivity index (χ0) is 23.4. The van der Waals surface area contributed by atoms with Gasteiger partial charge in [0.1, 0.15) is 18.2 Å². The lowest BCUT2D eigenvalue weighted by Crippen LogP contribution is -2.28. The third-order valence-corrected chi connectivity index (χ3v) is 5.75. The van der Waals surface area contributed by atoms with Crippen LogP contribution in [-0.4, -0.2) is 39.0 Å². The van der Waals surface area contributed by atoms with Crippen molar-refractivity contribution in [1.82, 2.24) is 19.4 Å². The van der Waals surface area contributed by atoms with E-state index in [1.807, 2.05) is 18.2 Å². The van der Waals surface area contributed by atoms with Gasteiger partial charge in [-0.1, -0.05) is 38.1 Å². The molecule has 0 radical (unpaired) electrons. The maximum atomic E-state index is 12.8. The Balaban J connectivity index is 1.55. The molecule has 0 aliphatic heterocycles. The van der Waals surface area contributed by atoms with Gasteiger partial charge in [0, 0.05) is 25.0 Å². The summed E-state index contributed by atoms with van der Waals surface area (Å²) in [5.41, 5.74) is 4.95. The number of imidazole rings is 1. The molecule has 2 aromatic carbocycles. The molecule has 2 aromatic heterocycles. The molecule has 170 valence electrons. The summed E-state index contributed by atoms with van der Waals surface area (Å²) in [6.07, 6.45) is 3.26. The van der Waals surface area contributed by atoms with Crippen molar-refractivity contribution in [2.24, 2.45) is 0 Å². The fourth-order valence-electron chi connectivity index (χ4n) is 3.98. The number of para-hydroxylation sites is 2. The van der Waals surface area contributed by atoms with Crippen molar-refractivity contribution in [1.29, 1.82) is 0 Å². The Morgan fingerprint density at radius 2 is 1.85 bits per heavy atom. The van der Waals surface area contributed by atoms with E-state index in [1.54, 1.807) is 36.5 Å². The largest absolute Gasteiger partial charge is 0.491 e. The van der Waals surface area contributed by atoms with Gasteiger partial charge >= 0.3 is 0 Å². The number of fused-ring (bicyclic) bond motifs is 1. The van der Waals surface area contributed by atoms with E-state index in [2.05, 4.69) is 54.6 Å². The molecular formula is C27H30N4O2. The molecule has 2 heterocycles. The molecule has 0 fully saturated rings. The van der Waals surface area contributed by atoms with Crippen LogP contribution < -0.4 is 4.74 Å². The Kier molecular flexibility index (Phi) is 6.73. The second-order valence-corrected chi connectivity index (χ2v) is 8.61. The van der Waals surface area contributed by atoms with Crippen molar-refractivity contribution in [2.45, 2.75) is 39.8 Å². The minimum absolute atomic E-state index is 0.0615. The van der Waals surface area contributed by atoms with Crippen molar-refractivity contribution in [3.8, 4) is 5.75 Å². The molecule has 0 aliphatic rings. The summed E-state index contributed by atoms with van der Waals surface area (Å²) in [5, 5.41) is 0. The molecule has 0 saturated heterocycles. The van der Waals surface area contributed by atoms with E-state index >= 15 is 0 Å². The van der Waals surface area contributed by atoms with Gasteiger partial charge in [0.05, 0.1) is 24.1 Å². The molecule has 0 N–H and O–H groups in total. The minimum atomic E-state index is -0.0615. The molecule has 0 atom stereocenters. The normalized spacial score (nSPS) is 11.2. The van der Waals surface area contributed by atoms with Gasteiger partial charge in [-0.05, 0) is 54.3 Å². The van der Waals surface area contributed by atoms with Crippen molar-refractivity contribution >= 4 is 16.9 Å². The van der Waals surface area contributed by atoms with Gasteiger partial charge < -0.3 is 14.2 Å². The standard InChI is InChI=1S/C27H30N4O2/c1-19(2)22-10-9-20(3)17-25(22)33-16-15-31-24-8-6-5-7-23(24)29-26(31)18-30(4)27(32)21-11-13-28-14-12-21/h5-14,17,19H,15-16,18H2,1-4H3. The minimum Gasteiger partial charge on any atom is -0.491 e. The molecule has 0 saturated carbocycles. The maximum Gasteiger partial charge on any atom is 0.254 e. The number of pyridine rings is 1. The Morgan fingerprint density at radius 1 is 1.09 bits per heavy atom. The van der Waals surface area contributed by atoms with Crippen LogP contribution in [0.3, 0.4) is 0 Å². The number of amides is 1. The molecule has 0 spiro atoms. The predicted octanol–water partition coefficient (Wildman–Crippen LogP) is 5.21. The van der Waals surface area contributed by atoms with Gasteiger partial charge in [-0.25, -0.2) is 4.98 Å². The van der Waals surface area contributed by atoms with Gasteiger partial charge in [-0.15, -0.1) is 0 Å². The first kappa shape index (κ1) is 22.5. The lowest BCUT2D eigenvalue weighted by atomic mass is 10.0. The number of aryl methyl sites for hydroxylation is 1. The highest BCUT2D eigenvalue weighted by Crippen LogP contribution is 2.27. The lowest BCUT2D eigenvalue weighted by Gasteiger charge is -2.19. The van der Waals surface area contributed by atoms with Crippen LogP contribution in [-0.2, 0) is 13.1 Å². The monoisotopic (exact) mass is 442 g/mol. The Hall–Kier alpha value is -3.67. The molecule has 0 aliphatic carbocycles. The topological polar surface area (TPSA) is 60.2 Å². The van der Waals surface area contributed by atoms with Crippen LogP contribution in [0.15, 0.2) is 67.0 Å². The Labute approximate surface area is 194 Å². The molecule has 6 heteroatoms. The second-order valence-electron chi connectivity index (χ2n) is 8.61. The average Bonchev–Trinajstić information content (AvgIpc) is 3.16. The quantitative estimate of drug-likeness (QED) is 0.376. The molecule has 4 aromatic rings.